The first kappa shape index (κ1) is 18.5. The van der Waals surface area contributed by atoms with Gasteiger partial charge < -0.3 is 31.6 Å². The third-order valence-corrected chi connectivity index (χ3v) is 1.49. The van der Waals surface area contributed by atoms with Crippen LogP contribution in [0.4, 0.5) is 0 Å². The van der Waals surface area contributed by atoms with E-state index in [4.69, 9.17) is 24.2 Å². The third-order valence-electron chi connectivity index (χ3n) is 1.49. The van der Waals surface area contributed by atoms with Gasteiger partial charge in [-0.15, -0.1) is 0 Å². The monoisotopic (exact) mass is 241 g/mol. The van der Waals surface area contributed by atoms with Crippen LogP contribution < -0.4 is 18.9 Å². The first-order valence-corrected chi connectivity index (χ1v) is 5.15. The van der Waals surface area contributed by atoms with E-state index in [0.717, 1.165) is 0 Å². The van der Waals surface area contributed by atoms with Crippen molar-refractivity contribution in [1.82, 2.24) is 0 Å². The molecule has 1 aliphatic heterocycles. The first-order chi connectivity index (χ1) is 7.41. The Balaban J connectivity index is 0. The summed E-state index contributed by atoms with van der Waals surface area (Å²) in [5.74, 6) is 0. The van der Waals surface area contributed by atoms with Gasteiger partial charge in [0.2, 0.25) is 0 Å². The molecule has 1 fully saturated rings. The minimum absolute atomic E-state index is 0. The van der Waals surface area contributed by atoms with Crippen molar-refractivity contribution in [2.24, 2.45) is 0 Å². The van der Waals surface area contributed by atoms with Gasteiger partial charge in [-0.3, -0.25) is 0 Å². The molecule has 1 rings (SSSR count). The molecule has 88 valence electrons. The quantitative estimate of drug-likeness (QED) is 0.257. The zero-order valence-electron chi connectivity index (χ0n) is 9.65. The number of thiocyanates is 1. The van der Waals surface area contributed by atoms with Gasteiger partial charge in [0.25, 0.3) is 0 Å². The van der Waals surface area contributed by atoms with E-state index in [1.54, 1.807) is 0 Å². The van der Waals surface area contributed by atoms with Crippen LogP contribution >= 0.6 is 0 Å². The summed E-state index contributed by atoms with van der Waals surface area (Å²) in [7, 11) is 0. The summed E-state index contributed by atoms with van der Waals surface area (Å²) < 4.78 is 20.9. The molecule has 0 aromatic rings. The van der Waals surface area contributed by atoms with E-state index in [-0.39, 0.29) is 18.9 Å². The van der Waals surface area contributed by atoms with E-state index < -0.39 is 0 Å². The van der Waals surface area contributed by atoms with Crippen molar-refractivity contribution in [1.29, 1.82) is 5.26 Å². The Bertz CT molecular complexity index is 125. The van der Waals surface area contributed by atoms with Gasteiger partial charge in [-0.1, -0.05) is 5.40 Å². The van der Waals surface area contributed by atoms with Crippen LogP contribution in [-0.4, -0.2) is 52.9 Å². The number of rotatable bonds is 0. The van der Waals surface area contributed by atoms with E-state index in [2.05, 4.69) is 12.6 Å². The summed E-state index contributed by atoms with van der Waals surface area (Å²) >= 11 is 3.70. The molecular formula is C9H16LiNO4S. The van der Waals surface area contributed by atoms with Crippen molar-refractivity contribution in [2.45, 2.75) is 0 Å². The third kappa shape index (κ3) is 16.6. The molecule has 0 spiro atoms. The summed E-state index contributed by atoms with van der Waals surface area (Å²) in [4.78, 5) is 0. The van der Waals surface area contributed by atoms with Crippen molar-refractivity contribution in [3.8, 4) is 5.40 Å². The van der Waals surface area contributed by atoms with Gasteiger partial charge in [-0.05, 0) is 0 Å². The smallest absolute Gasteiger partial charge is 0.696 e. The van der Waals surface area contributed by atoms with Crippen LogP contribution in [0.15, 0.2) is 0 Å². The van der Waals surface area contributed by atoms with Crippen LogP contribution in [0.3, 0.4) is 0 Å². The molecule has 5 nitrogen and oxygen atoms in total. The Morgan fingerprint density at radius 2 is 0.812 bits per heavy atom. The molecule has 0 saturated carbocycles. The van der Waals surface area contributed by atoms with Crippen LogP contribution in [-0.2, 0) is 31.6 Å². The maximum atomic E-state index is 7.13. The second-order valence-corrected chi connectivity index (χ2v) is 2.72. The standard InChI is InChI=1S/C8H16O4.CHNS.Li/c1-2-10-5-6-12-8-7-11-4-3-9-1;2-1-3;/h1-8H2;3H;/q;;+1/p-1. The van der Waals surface area contributed by atoms with Gasteiger partial charge in [-0.25, -0.2) is 5.26 Å². The molecule has 0 N–H and O–H groups in total. The molecule has 0 aromatic carbocycles. The van der Waals surface area contributed by atoms with E-state index in [1.165, 1.54) is 5.40 Å². The fourth-order valence-corrected chi connectivity index (χ4v) is 0.880. The average molecular weight is 241 g/mol. The van der Waals surface area contributed by atoms with E-state index in [9.17, 15) is 0 Å². The van der Waals surface area contributed by atoms with Crippen LogP contribution in [0.25, 0.3) is 0 Å². The van der Waals surface area contributed by atoms with E-state index in [0.29, 0.717) is 52.9 Å². The molecule has 0 amide bonds. The normalized spacial score (nSPS) is 18.4. The Kier molecular flexibility index (Phi) is 20.3. The number of ether oxygens (including phenoxy) is 4. The van der Waals surface area contributed by atoms with Gasteiger partial charge in [0.05, 0.1) is 52.9 Å². The molecule has 0 unspecified atom stereocenters. The summed E-state index contributed by atoms with van der Waals surface area (Å²) in [5, 5.41) is 8.47. The maximum absolute atomic E-state index is 7.13. The molecule has 7 heteroatoms. The van der Waals surface area contributed by atoms with Gasteiger partial charge >= 0.3 is 18.9 Å². The molecule has 1 aliphatic rings. The fourth-order valence-electron chi connectivity index (χ4n) is 0.880. The second-order valence-electron chi connectivity index (χ2n) is 2.54. The molecule has 1 saturated heterocycles. The van der Waals surface area contributed by atoms with Crippen molar-refractivity contribution in [3.63, 3.8) is 0 Å². The van der Waals surface area contributed by atoms with E-state index in [1.807, 2.05) is 0 Å². The predicted molar refractivity (Wildman–Crippen MR) is 56.3 cm³/mol. The molecule has 0 atom stereocenters. The van der Waals surface area contributed by atoms with E-state index >= 15 is 0 Å². The SMILES string of the molecule is C1COCCOCCOCCO1.N#C[S-].[Li+]. The largest absolute Gasteiger partial charge is 1.00 e. The van der Waals surface area contributed by atoms with Crippen molar-refractivity contribution < 1.29 is 37.8 Å². The predicted octanol–water partition coefficient (Wildman–Crippen LogP) is -2.92. The van der Waals surface area contributed by atoms with Crippen molar-refractivity contribution in [3.05, 3.63) is 0 Å². The Labute approximate surface area is 114 Å². The molecule has 0 aromatic heterocycles. The fraction of sp³-hybridized carbons (Fsp3) is 0.889. The minimum Gasteiger partial charge on any atom is -0.696 e. The summed E-state index contributed by atoms with van der Waals surface area (Å²) in [6.45, 7) is 5.14. The maximum Gasteiger partial charge on any atom is 1.00 e. The van der Waals surface area contributed by atoms with Gasteiger partial charge in [-0.2, -0.15) is 0 Å². The first-order valence-electron chi connectivity index (χ1n) is 4.74. The van der Waals surface area contributed by atoms with Crippen LogP contribution in [0.1, 0.15) is 0 Å². The van der Waals surface area contributed by atoms with Crippen LogP contribution in [0, 0.1) is 10.7 Å². The topological polar surface area (TPSA) is 60.7 Å². The Morgan fingerprint density at radius 3 is 0.938 bits per heavy atom. The zero-order valence-corrected chi connectivity index (χ0v) is 10.5. The number of nitriles is 1. The van der Waals surface area contributed by atoms with Gasteiger partial charge in [0.1, 0.15) is 0 Å². The number of hydrogen-bond donors (Lipinski definition) is 0. The minimum atomic E-state index is 0. The molecular weight excluding hydrogens is 225 g/mol. The van der Waals surface area contributed by atoms with Crippen LogP contribution in [0.2, 0.25) is 0 Å². The Morgan fingerprint density at radius 1 is 0.688 bits per heavy atom. The van der Waals surface area contributed by atoms with Gasteiger partial charge in [0, 0.05) is 0 Å². The Hall–Kier alpha value is 0.147. The molecule has 0 bridgehead atoms. The number of nitrogens with zero attached hydrogens (tertiary/aromatic N) is 1. The summed E-state index contributed by atoms with van der Waals surface area (Å²) in [5.41, 5.74) is 0. The summed E-state index contributed by atoms with van der Waals surface area (Å²) in [6, 6.07) is 0. The van der Waals surface area contributed by atoms with Crippen molar-refractivity contribution in [2.75, 3.05) is 52.9 Å². The average Bonchev–Trinajstić information content (AvgIpc) is 2.19. The molecule has 1 heterocycles. The van der Waals surface area contributed by atoms with Crippen LogP contribution in [0.5, 0.6) is 0 Å². The molecule has 0 aliphatic carbocycles. The molecule has 16 heavy (non-hydrogen) atoms. The second kappa shape index (κ2) is 17.5. The number of hydrogen-bond acceptors (Lipinski definition) is 6. The summed E-state index contributed by atoms with van der Waals surface area (Å²) in [6.07, 6.45) is 0. The van der Waals surface area contributed by atoms with Gasteiger partial charge in [0.15, 0.2) is 0 Å². The van der Waals surface area contributed by atoms with Crippen molar-refractivity contribution >= 4 is 12.6 Å². The molecule has 0 radical (unpaired) electrons. The zero-order chi connectivity index (χ0) is 11.2.